The van der Waals surface area contributed by atoms with Crippen molar-refractivity contribution >= 4 is 12.0 Å². The Morgan fingerprint density at radius 1 is 1.19 bits per heavy atom. The second-order valence-corrected chi connectivity index (χ2v) is 5.20. The maximum atomic E-state index is 10.9. The van der Waals surface area contributed by atoms with E-state index in [4.69, 9.17) is 9.94 Å². The van der Waals surface area contributed by atoms with Crippen molar-refractivity contribution in [1.82, 2.24) is 0 Å². The van der Waals surface area contributed by atoms with Crippen molar-refractivity contribution in [3.05, 3.63) is 29.8 Å². The monoisotopic (exact) mass is 291 g/mol. The van der Waals surface area contributed by atoms with Gasteiger partial charge >= 0.3 is 0 Å². The van der Waals surface area contributed by atoms with Crippen LogP contribution >= 0.6 is 0 Å². The van der Waals surface area contributed by atoms with Crippen molar-refractivity contribution in [3.8, 4) is 5.75 Å². The summed E-state index contributed by atoms with van der Waals surface area (Å²) in [5.41, 5.74) is 1.17. The van der Waals surface area contributed by atoms with E-state index in [-0.39, 0.29) is 5.78 Å². The van der Waals surface area contributed by atoms with Crippen molar-refractivity contribution in [1.29, 1.82) is 0 Å². The minimum atomic E-state index is 0.223. The zero-order chi connectivity index (χ0) is 15.3. The van der Waals surface area contributed by atoms with Crippen LogP contribution in [0.15, 0.2) is 29.4 Å². The second kappa shape index (κ2) is 10.9. The fourth-order valence-corrected chi connectivity index (χ4v) is 2.01. The van der Waals surface area contributed by atoms with Crippen LogP contribution in [-0.4, -0.2) is 23.8 Å². The van der Waals surface area contributed by atoms with Crippen LogP contribution in [0.5, 0.6) is 5.75 Å². The van der Waals surface area contributed by atoms with Crippen LogP contribution < -0.4 is 4.74 Å². The molecule has 0 saturated heterocycles. The zero-order valence-corrected chi connectivity index (χ0v) is 12.8. The molecule has 0 fully saturated rings. The minimum Gasteiger partial charge on any atom is -0.494 e. The Morgan fingerprint density at radius 2 is 1.90 bits per heavy atom. The lowest BCUT2D eigenvalue weighted by Gasteiger charge is -2.07. The molecule has 1 N–H and O–H groups in total. The molecule has 0 heterocycles. The largest absolute Gasteiger partial charge is 0.494 e. The molecule has 1 aromatic rings. The SMILES string of the molecule is CC(=O)CCc1ccc(OCCCCCC/C=N/O)cc1. The van der Waals surface area contributed by atoms with Gasteiger partial charge in [-0.3, -0.25) is 0 Å². The molecule has 0 saturated carbocycles. The summed E-state index contributed by atoms with van der Waals surface area (Å²) in [6.45, 7) is 2.34. The average Bonchev–Trinajstić information content (AvgIpc) is 2.49. The smallest absolute Gasteiger partial charge is 0.130 e. The van der Waals surface area contributed by atoms with E-state index in [9.17, 15) is 4.79 Å². The standard InChI is InChI=1S/C17H25NO3/c1-15(19)7-8-16-9-11-17(12-10-16)21-14-6-4-2-3-5-13-18-20/h9-13,20H,2-8,14H2,1H3/b18-13+. The van der Waals surface area contributed by atoms with E-state index in [1.807, 2.05) is 24.3 Å². The van der Waals surface area contributed by atoms with Crippen LogP contribution in [0.1, 0.15) is 51.0 Å². The molecule has 4 heteroatoms. The number of nitrogens with zero attached hydrogens (tertiary/aromatic N) is 1. The van der Waals surface area contributed by atoms with Crippen molar-refractivity contribution in [3.63, 3.8) is 0 Å². The van der Waals surface area contributed by atoms with Gasteiger partial charge in [0.1, 0.15) is 11.5 Å². The predicted molar refractivity (Wildman–Crippen MR) is 84.3 cm³/mol. The lowest BCUT2D eigenvalue weighted by molar-refractivity contribution is -0.116. The van der Waals surface area contributed by atoms with Crippen molar-refractivity contribution in [2.75, 3.05) is 6.61 Å². The molecule has 21 heavy (non-hydrogen) atoms. The molecule has 0 unspecified atom stereocenters. The summed E-state index contributed by atoms with van der Waals surface area (Å²) in [4.78, 5) is 10.9. The third-order valence-corrected chi connectivity index (χ3v) is 3.27. The third kappa shape index (κ3) is 8.84. The number of hydrogen-bond acceptors (Lipinski definition) is 4. The molecular weight excluding hydrogens is 266 g/mol. The summed E-state index contributed by atoms with van der Waals surface area (Å²) in [7, 11) is 0. The van der Waals surface area contributed by atoms with Gasteiger partial charge in [0, 0.05) is 12.6 Å². The van der Waals surface area contributed by atoms with E-state index in [1.165, 1.54) is 11.8 Å². The number of carbonyl (C=O) groups is 1. The molecule has 116 valence electrons. The molecule has 4 nitrogen and oxygen atoms in total. The summed E-state index contributed by atoms with van der Waals surface area (Å²) in [6, 6.07) is 7.97. The Labute approximate surface area is 126 Å². The van der Waals surface area contributed by atoms with E-state index < -0.39 is 0 Å². The molecule has 0 amide bonds. The highest BCUT2D eigenvalue weighted by molar-refractivity contribution is 5.75. The average molecular weight is 291 g/mol. The lowest BCUT2D eigenvalue weighted by atomic mass is 10.1. The number of carbonyl (C=O) groups excluding carboxylic acids is 1. The summed E-state index contributed by atoms with van der Waals surface area (Å²) in [5, 5.41) is 11.2. The summed E-state index contributed by atoms with van der Waals surface area (Å²) in [5.74, 6) is 1.11. The molecule has 0 atom stereocenters. The fraction of sp³-hybridized carbons (Fsp3) is 0.529. The highest BCUT2D eigenvalue weighted by Crippen LogP contribution is 2.14. The van der Waals surface area contributed by atoms with E-state index in [1.54, 1.807) is 6.92 Å². The summed E-state index contributed by atoms with van der Waals surface area (Å²) in [6.07, 6.45) is 8.09. The number of ether oxygens (including phenoxy) is 1. The molecular formula is C17H25NO3. The number of rotatable bonds is 11. The van der Waals surface area contributed by atoms with E-state index in [0.717, 1.165) is 50.9 Å². The van der Waals surface area contributed by atoms with Crippen molar-refractivity contribution < 1.29 is 14.7 Å². The molecule has 0 aliphatic rings. The maximum Gasteiger partial charge on any atom is 0.130 e. The minimum absolute atomic E-state index is 0.223. The Morgan fingerprint density at radius 3 is 2.57 bits per heavy atom. The first kappa shape index (κ1) is 17.2. The van der Waals surface area contributed by atoms with Gasteiger partial charge in [-0.25, -0.2) is 0 Å². The van der Waals surface area contributed by atoms with Gasteiger partial charge in [0.25, 0.3) is 0 Å². The molecule has 0 aromatic heterocycles. The van der Waals surface area contributed by atoms with Gasteiger partial charge in [-0.15, -0.1) is 5.16 Å². The fourth-order valence-electron chi connectivity index (χ4n) is 2.01. The Bertz CT molecular complexity index is 426. The number of aryl methyl sites for hydroxylation is 1. The molecule has 0 radical (unpaired) electrons. The first-order valence-electron chi connectivity index (χ1n) is 7.59. The van der Waals surface area contributed by atoms with Crippen LogP contribution in [0.3, 0.4) is 0 Å². The second-order valence-electron chi connectivity index (χ2n) is 5.20. The highest BCUT2D eigenvalue weighted by atomic mass is 16.5. The summed E-state index contributed by atoms with van der Waals surface area (Å²) < 4.78 is 5.68. The van der Waals surface area contributed by atoms with Gasteiger partial charge in [-0.1, -0.05) is 25.0 Å². The van der Waals surface area contributed by atoms with Crippen LogP contribution in [0.25, 0.3) is 0 Å². The van der Waals surface area contributed by atoms with Gasteiger partial charge in [-0.05, 0) is 50.3 Å². The molecule has 1 rings (SSSR count). The number of unbranched alkanes of at least 4 members (excludes halogenated alkanes) is 4. The van der Waals surface area contributed by atoms with E-state index >= 15 is 0 Å². The number of ketones is 1. The Balaban J connectivity index is 2.11. The molecule has 1 aromatic carbocycles. The van der Waals surface area contributed by atoms with Gasteiger partial charge < -0.3 is 14.7 Å². The van der Waals surface area contributed by atoms with E-state index in [0.29, 0.717) is 6.42 Å². The first-order valence-corrected chi connectivity index (χ1v) is 7.59. The Hall–Kier alpha value is -1.84. The first-order chi connectivity index (χ1) is 10.2. The number of hydrogen-bond donors (Lipinski definition) is 1. The third-order valence-electron chi connectivity index (χ3n) is 3.27. The highest BCUT2D eigenvalue weighted by Gasteiger charge is 1.98. The van der Waals surface area contributed by atoms with Crippen molar-refractivity contribution in [2.24, 2.45) is 5.16 Å². The van der Waals surface area contributed by atoms with Crippen LogP contribution in [0.2, 0.25) is 0 Å². The van der Waals surface area contributed by atoms with Crippen molar-refractivity contribution in [2.45, 2.75) is 51.9 Å². The van der Waals surface area contributed by atoms with Crippen LogP contribution in [0, 0.1) is 0 Å². The number of oxime groups is 1. The number of benzene rings is 1. The summed E-state index contributed by atoms with van der Waals surface area (Å²) >= 11 is 0. The number of Topliss-reactive ketones (excluding diaryl/α,β-unsaturated/α-hetero) is 1. The van der Waals surface area contributed by atoms with Gasteiger partial charge in [0.2, 0.25) is 0 Å². The molecule has 0 bridgehead atoms. The Kier molecular flexibility index (Phi) is 8.93. The zero-order valence-electron chi connectivity index (χ0n) is 12.8. The topological polar surface area (TPSA) is 58.9 Å². The van der Waals surface area contributed by atoms with Gasteiger partial charge in [-0.2, -0.15) is 0 Å². The normalized spacial score (nSPS) is 10.9. The maximum absolute atomic E-state index is 10.9. The predicted octanol–water partition coefficient (Wildman–Crippen LogP) is 4.00. The van der Waals surface area contributed by atoms with Crippen LogP contribution in [-0.2, 0) is 11.2 Å². The quantitative estimate of drug-likeness (QED) is 0.290. The van der Waals surface area contributed by atoms with Gasteiger partial charge in [0.15, 0.2) is 0 Å². The van der Waals surface area contributed by atoms with Gasteiger partial charge in [0.05, 0.1) is 6.61 Å². The van der Waals surface area contributed by atoms with Crippen LogP contribution in [0.4, 0.5) is 0 Å². The lowest BCUT2D eigenvalue weighted by Crippen LogP contribution is -1.98. The molecule has 0 aliphatic carbocycles. The van der Waals surface area contributed by atoms with E-state index in [2.05, 4.69) is 5.16 Å². The molecule has 0 spiro atoms. The molecule has 0 aliphatic heterocycles.